The summed E-state index contributed by atoms with van der Waals surface area (Å²) in [5, 5.41) is 0. The van der Waals surface area contributed by atoms with Crippen LogP contribution in [0.2, 0.25) is 0 Å². The Balaban J connectivity index is 0. The number of rotatable bonds is 5. The van der Waals surface area contributed by atoms with Gasteiger partial charge in [-0.2, -0.15) is 0 Å². The summed E-state index contributed by atoms with van der Waals surface area (Å²) in [6.07, 6.45) is 9.59. The second-order valence-corrected chi connectivity index (χ2v) is 7.63. The van der Waals surface area contributed by atoms with E-state index in [1.165, 1.54) is 44.9 Å². The first-order chi connectivity index (χ1) is 9.20. The summed E-state index contributed by atoms with van der Waals surface area (Å²) in [6.45, 7) is 18.8. The van der Waals surface area contributed by atoms with E-state index in [-0.39, 0.29) is 0 Å². The minimum Gasteiger partial charge on any atom is -0.330 e. The molecule has 1 aliphatic carbocycles. The highest BCUT2D eigenvalue weighted by molar-refractivity contribution is 4.67. The van der Waals surface area contributed by atoms with E-state index in [1.54, 1.807) is 0 Å². The van der Waals surface area contributed by atoms with Crippen LogP contribution >= 0.6 is 0 Å². The first kappa shape index (κ1) is 22.2. The molecule has 0 radical (unpaired) electrons. The summed E-state index contributed by atoms with van der Waals surface area (Å²) < 4.78 is 0. The number of hydrogen-bond acceptors (Lipinski definition) is 1. The van der Waals surface area contributed by atoms with Crippen LogP contribution in [-0.2, 0) is 0 Å². The van der Waals surface area contributed by atoms with E-state index in [2.05, 4.69) is 55.4 Å². The molecule has 0 bridgehead atoms. The van der Waals surface area contributed by atoms with Gasteiger partial charge in [-0.25, -0.2) is 0 Å². The van der Waals surface area contributed by atoms with E-state index < -0.39 is 0 Å². The van der Waals surface area contributed by atoms with Gasteiger partial charge in [0.05, 0.1) is 0 Å². The second-order valence-electron chi connectivity index (χ2n) is 7.63. The van der Waals surface area contributed by atoms with Gasteiger partial charge in [-0.3, -0.25) is 0 Å². The molecule has 0 aromatic heterocycles. The number of hydrogen-bond donors (Lipinski definition) is 1. The third-order valence-corrected chi connectivity index (χ3v) is 5.46. The molecular formula is C19H43N. The van der Waals surface area contributed by atoms with Gasteiger partial charge in [0.1, 0.15) is 0 Å². The zero-order valence-electron chi connectivity index (χ0n) is 15.8. The predicted molar refractivity (Wildman–Crippen MR) is 95.1 cm³/mol. The summed E-state index contributed by atoms with van der Waals surface area (Å²) >= 11 is 0. The van der Waals surface area contributed by atoms with Gasteiger partial charge < -0.3 is 5.73 Å². The van der Waals surface area contributed by atoms with Crippen LogP contribution in [0.1, 0.15) is 100 Å². The Morgan fingerprint density at radius 2 is 1.20 bits per heavy atom. The van der Waals surface area contributed by atoms with Gasteiger partial charge in [0.15, 0.2) is 0 Å². The molecule has 0 heterocycles. The summed E-state index contributed by atoms with van der Waals surface area (Å²) in [6, 6.07) is 0. The van der Waals surface area contributed by atoms with Crippen LogP contribution in [0, 0.1) is 16.7 Å². The highest BCUT2D eigenvalue weighted by atomic mass is 14.6. The van der Waals surface area contributed by atoms with Crippen LogP contribution in [0.3, 0.4) is 0 Å². The summed E-state index contributed by atoms with van der Waals surface area (Å²) in [5.74, 6) is 1.06. The normalized spacial score (nSPS) is 15.4. The predicted octanol–water partition coefficient (Wildman–Crippen LogP) is 6.41. The van der Waals surface area contributed by atoms with Crippen molar-refractivity contribution in [1.82, 2.24) is 0 Å². The van der Waals surface area contributed by atoms with Crippen LogP contribution in [0.4, 0.5) is 0 Å². The third-order valence-electron chi connectivity index (χ3n) is 5.46. The molecule has 0 atom stereocenters. The maximum atomic E-state index is 5.42. The smallest absolute Gasteiger partial charge is 0.00259 e. The van der Waals surface area contributed by atoms with E-state index in [9.17, 15) is 0 Å². The molecule has 1 saturated carbocycles. The molecule has 124 valence electrons. The monoisotopic (exact) mass is 285 g/mol. The van der Waals surface area contributed by atoms with Gasteiger partial charge in [-0.1, -0.05) is 93.9 Å². The molecule has 0 amide bonds. The van der Waals surface area contributed by atoms with Crippen molar-refractivity contribution in [3.05, 3.63) is 0 Å². The van der Waals surface area contributed by atoms with E-state index in [0.717, 1.165) is 12.5 Å². The van der Waals surface area contributed by atoms with Gasteiger partial charge in [0.2, 0.25) is 0 Å². The van der Waals surface area contributed by atoms with E-state index >= 15 is 0 Å². The van der Waals surface area contributed by atoms with Crippen molar-refractivity contribution in [3.8, 4) is 0 Å². The van der Waals surface area contributed by atoms with E-state index in [0.29, 0.717) is 10.8 Å². The molecule has 20 heavy (non-hydrogen) atoms. The molecule has 0 aromatic carbocycles. The van der Waals surface area contributed by atoms with Gasteiger partial charge in [-0.15, -0.1) is 0 Å². The van der Waals surface area contributed by atoms with E-state index in [4.69, 9.17) is 5.73 Å². The molecule has 1 nitrogen and oxygen atoms in total. The molecule has 0 spiro atoms. The summed E-state index contributed by atoms with van der Waals surface area (Å²) in [7, 11) is 0. The Hall–Kier alpha value is -0.0400. The van der Waals surface area contributed by atoms with Crippen LogP contribution in [0.15, 0.2) is 0 Å². The van der Waals surface area contributed by atoms with Crippen molar-refractivity contribution in [2.24, 2.45) is 22.5 Å². The highest BCUT2D eigenvalue weighted by Crippen LogP contribution is 2.28. The Kier molecular flexibility index (Phi) is 12.9. The molecule has 1 aliphatic rings. The average molecular weight is 286 g/mol. The lowest BCUT2D eigenvalue weighted by Gasteiger charge is -2.23. The quantitative estimate of drug-likeness (QED) is 0.620. The second kappa shape index (κ2) is 11.6. The maximum Gasteiger partial charge on any atom is -0.00259 e. The van der Waals surface area contributed by atoms with Crippen molar-refractivity contribution in [2.75, 3.05) is 6.54 Å². The zero-order chi connectivity index (χ0) is 16.2. The fraction of sp³-hybridized carbons (Fsp3) is 1.00. The lowest BCUT2D eigenvalue weighted by molar-refractivity contribution is 0.286. The lowest BCUT2D eigenvalue weighted by Crippen LogP contribution is -2.21. The molecule has 0 aromatic rings. The molecule has 2 N–H and O–H groups in total. The fourth-order valence-corrected chi connectivity index (χ4v) is 1.51. The molecule has 1 rings (SSSR count). The Bertz CT molecular complexity index is 186. The summed E-state index contributed by atoms with van der Waals surface area (Å²) in [5.41, 5.74) is 6.40. The van der Waals surface area contributed by atoms with Gasteiger partial charge in [-0.05, 0) is 29.7 Å². The Morgan fingerprint density at radius 1 is 0.850 bits per heavy atom. The minimum atomic E-state index is 0.361. The standard InChI is InChI=1S/C8H18.C6H15N.C5H10/c1-5-8(4,6-2)7-3;1-4-6(2,3)5-7;1-5-3-2-4-5/h5-7H2,1-4H3;4-5,7H2,1-3H3;5H,2-4H2,1H3. The Labute approximate surface area is 130 Å². The molecule has 0 saturated heterocycles. The maximum absolute atomic E-state index is 5.42. The minimum absolute atomic E-state index is 0.361. The van der Waals surface area contributed by atoms with Crippen molar-refractivity contribution < 1.29 is 0 Å². The van der Waals surface area contributed by atoms with E-state index in [1.807, 2.05) is 0 Å². The summed E-state index contributed by atoms with van der Waals surface area (Å²) in [4.78, 5) is 0. The molecular weight excluding hydrogens is 242 g/mol. The van der Waals surface area contributed by atoms with Crippen molar-refractivity contribution >= 4 is 0 Å². The first-order valence-corrected chi connectivity index (χ1v) is 8.90. The SMILES string of the molecule is CC1CCC1.CCC(C)(C)CN.CCC(C)(CC)CC. The molecule has 1 fully saturated rings. The van der Waals surface area contributed by atoms with Crippen LogP contribution in [0.5, 0.6) is 0 Å². The average Bonchev–Trinajstić information content (AvgIpc) is 2.45. The highest BCUT2D eigenvalue weighted by Gasteiger charge is 2.15. The van der Waals surface area contributed by atoms with Crippen LogP contribution < -0.4 is 5.73 Å². The number of nitrogens with two attached hydrogens (primary N) is 1. The fourth-order valence-electron chi connectivity index (χ4n) is 1.51. The first-order valence-electron chi connectivity index (χ1n) is 8.90. The molecule has 0 aliphatic heterocycles. The van der Waals surface area contributed by atoms with Gasteiger partial charge in [0.25, 0.3) is 0 Å². The Morgan fingerprint density at radius 3 is 1.20 bits per heavy atom. The molecule has 0 unspecified atom stereocenters. The topological polar surface area (TPSA) is 26.0 Å². The molecule has 1 heteroatoms. The van der Waals surface area contributed by atoms with Crippen LogP contribution in [-0.4, -0.2) is 6.54 Å². The van der Waals surface area contributed by atoms with Crippen molar-refractivity contribution in [1.29, 1.82) is 0 Å². The zero-order valence-corrected chi connectivity index (χ0v) is 15.8. The largest absolute Gasteiger partial charge is 0.330 e. The third kappa shape index (κ3) is 11.8. The lowest BCUT2D eigenvalue weighted by atomic mass is 9.82. The van der Waals surface area contributed by atoms with Crippen LogP contribution in [0.25, 0.3) is 0 Å². The van der Waals surface area contributed by atoms with Gasteiger partial charge in [0, 0.05) is 0 Å². The van der Waals surface area contributed by atoms with Crippen molar-refractivity contribution in [3.63, 3.8) is 0 Å². The van der Waals surface area contributed by atoms with Crippen molar-refractivity contribution in [2.45, 2.75) is 100 Å². The van der Waals surface area contributed by atoms with Gasteiger partial charge >= 0.3 is 0 Å².